The summed E-state index contributed by atoms with van der Waals surface area (Å²) in [5.41, 5.74) is 11.6. The van der Waals surface area contributed by atoms with Gasteiger partial charge in [0.25, 0.3) is 0 Å². The number of rotatable bonds is 2. The topological polar surface area (TPSA) is 121 Å². The van der Waals surface area contributed by atoms with E-state index in [0.717, 1.165) is 18.8 Å². The smallest absolute Gasteiger partial charge is 0.345 e. The Bertz CT molecular complexity index is 691. The Balaban J connectivity index is 2.00. The number of amidine groups is 1. The van der Waals surface area contributed by atoms with Crippen LogP contribution in [0.3, 0.4) is 0 Å². The van der Waals surface area contributed by atoms with Gasteiger partial charge < -0.3 is 26.4 Å². The van der Waals surface area contributed by atoms with Gasteiger partial charge in [0.2, 0.25) is 0 Å². The number of hydrogen-bond donors (Lipinski definition) is 3. The number of aliphatic hydroxyl groups excluding tert-OH is 1. The van der Waals surface area contributed by atoms with Gasteiger partial charge in [-0.05, 0) is 18.6 Å². The number of carbonyl (C=O) groups excluding carboxylic acids is 1. The highest BCUT2D eigenvalue weighted by Crippen LogP contribution is 2.22. The molecule has 2 heterocycles. The minimum atomic E-state index is -0.446. The first kappa shape index (κ1) is 19.6. The van der Waals surface area contributed by atoms with Gasteiger partial charge >= 0.3 is 6.03 Å². The van der Waals surface area contributed by atoms with Gasteiger partial charge in [-0.15, -0.1) is 0 Å². The fourth-order valence-corrected chi connectivity index (χ4v) is 2.49. The third-order valence-corrected chi connectivity index (χ3v) is 4.14. The van der Waals surface area contributed by atoms with Crippen molar-refractivity contribution in [1.82, 2.24) is 9.88 Å². The summed E-state index contributed by atoms with van der Waals surface area (Å²) in [7, 11) is 0. The number of urea groups is 1. The zero-order chi connectivity index (χ0) is 19.3. The molecule has 0 radical (unpaired) electrons. The third-order valence-electron chi connectivity index (χ3n) is 4.14. The van der Waals surface area contributed by atoms with Crippen molar-refractivity contribution in [1.29, 1.82) is 0 Å². The molecule has 0 aromatic carbocycles. The summed E-state index contributed by atoms with van der Waals surface area (Å²) in [5.74, 6) is 0.932. The van der Waals surface area contributed by atoms with Crippen LogP contribution in [0.2, 0.25) is 0 Å². The highest BCUT2D eigenvalue weighted by molar-refractivity contribution is 5.99. The van der Waals surface area contributed by atoms with Gasteiger partial charge in [0.15, 0.2) is 0 Å². The number of amides is 2. The largest absolute Gasteiger partial charge is 0.512 e. The van der Waals surface area contributed by atoms with Gasteiger partial charge in [0, 0.05) is 37.7 Å². The van der Waals surface area contributed by atoms with E-state index in [1.807, 2.05) is 32.9 Å². The predicted molar refractivity (Wildman–Crippen MR) is 104 cm³/mol. The maximum Gasteiger partial charge on any atom is 0.345 e. The van der Waals surface area contributed by atoms with E-state index in [2.05, 4.69) is 14.9 Å². The first-order valence-electron chi connectivity index (χ1n) is 8.67. The van der Waals surface area contributed by atoms with Gasteiger partial charge in [-0.2, -0.15) is 4.99 Å². The second-order valence-electron chi connectivity index (χ2n) is 7.38. The molecule has 0 aliphatic carbocycles. The lowest BCUT2D eigenvalue weighted by atomic mass is 9.93. The number of nitrogens with zero attached hydrogens (tertiary/aromatic N) is 4. The lowest BCUT2D eigenvalue weighted by Crippen LogP contribution is -2.34. The van der Waals surface area contributed by atoms with Crippen LogP contribution in [-0.2, 0) is 0 Å². The number of anilines is 2. The van der Waals surface area contributed by atoms with Crippen LogP contribution in [0, 0.1) is 5.41 Å². The standard InChI is InChI=1S/C18H28N6O2/c1-18(2,3)14(25)11-15(20)22-17(26)24-8-4-7-23(9-10-24)16-6-5-13(19)12-21-16/h5-6,11-12,25H,4,7-10,19H2,1-3H3,(H2,20,22,26)/b14-11-. The predicted octanol–water partition coefficient (Wildman–Crippen LogP) is 2.14. The summed E-state index contributed by atoms with van der Waals surface area (Å²) in [4.78, 5) is 24.4. The summed E-state index contributed by atoms with van der Waals surface area (Å²) in [5, 5.41) is 9.96. The summed E-state index contributed by atoms with van der Waals surface area (Å²) >= 11 is 0. The Morgan fingerprint density at radius 1 is 1.27 bits per heavy atom. The molecule has 2 amide bonds. The molecule has 0 bridgehead atoms. The molecule has 1 aromatic rings. The molecule has 1 aromatic heterocycles. The number of aliphatic imine (C=N–C) groups is 1. The van der Waals surface area contributed by atoms with Crippen LogP contribution in [0.25, 0.3) is 0 Å². The average Bonchev–Trinajstić information content (AvgIpc) is 2.80. The molecular formula is C18H28N6O2. The average molecular weight is 360 g/mol. The molecule has 2 rings (SSSR count). The molecule has 0 unspecified atom stereocenters. The van der Waals surface area contributed by atoms with Crippen LogP contribution in [0.4, 0.5) is 16.3 Å². The number of aromatic nitrogens is 1. The van der Waals surface area contributed by atoms with Crippen LogP contribution in [0.1, 0.15) is 27.2 Å². The molecule has 26 heavy (non-hydrogen) atoms. The zero-order valence-electron chi connectivity index (χ0n) is 15.6. The lowest BCUT2D eigenvalue weighted by Gasteiger charge is -2.22. The zero-order valence-corrected chi connectivity index (χ0v) is 15.6. The van der Waals surface area contributed by atoms with Gasteiger partial charge in [0.1, 0.15) is 17.4 Å². The van der Waals surface area contributed by atoms with Crippen molar-refractivity contribution in [2.45, 2.75) is 27.2 Å². The Morgan fingerprint density at radius 2 is 2.00 bits per heavy atom. The van der Waals surface area contributed by atoms with Crippen molar-refractivity contribution in [2.75, 3.05) is 36.8 Å². The monoisotopic (exact) mass is 360 g/mol. The fraction of sp³-hybridized carbons (Fsp3) is 0.500. The van der Waals surface area contributed by atoms with Gasteiger partial charge in [-0.25, -0.2) is 9.78 Å². The van der Waals surface area contributed by atoms with Crippen molar-refractivity contribution < 1.29 is 9.90 Å². The molecular weight excluding hydrogens is 332 g/mol. The number of pyridine rings is 1. The molecule has 1 aliphatic heterocycles. The molecule has 0 spiro atoms. The second-order valence-corrected chi connectivity index (χ2v) is 7.38. The van der Waals surface area contributed by atoms with Crippen molar-refractivity contribution in [3.05, 3.63) is 30.2 Å². The number of nitrogen functional groups attached to an aromatic ring is 1. The molecule has 1 saturated heterocycles. The van der Waals surface area contributed by atoms with E-state index in [1.165, 1.54) is 6.08 Å². The maximum atomic E-state index is 12.4. The van der Waals surface area contributed by atoms with E-state index < -0.39 is 11.4 Å². The summed E-state index contributed by atoms with van der Waals surface area (Å²) in [6.07, 6.45) is 3.76. The third kappa shape index (κ3) is 5.37. The summed E-state index contributed by atoms with van der Waals surface area (Å²) in [6, 6.07) is 3.30. The molecule has 1 fully saturated rings. The summed E-state index contributed by atoms with van der Waals surface area (Å²) in [6.45, 7) is 8.12. The first-order valence-corrected chi connectivity index (χ1v) is 8.67. The van der Waals surface area contributed by atoms with Crippen molar-refractivity contribution in [2.24, 2.45) is 16.1 Å². The highest BCUT2D eigenvalue weighted by Gasteiger charge is 2.20. The SMILES string of the molecule is CC(C)(C)/C(O)=C/C(N)=NC(=O)N1CCCN(c2ccc(N)cn2)CC1. The van der Waals surface area contributed by atoms with Crippen LogP contribution in [-0.4, -0.2) is 53.0 Å². The molecule has 0 saturated carbocycles. The minimum absolute atomic E-state index is 0.00345. The lowest BCUT2D eigenvalue weighted by molar-refractivity contribution is 0.211. The number of allylic oxidation sites excluding steroid dienone is 1. The molecule has 142 valence electrons. The highest BCUT2D eigenvalue weighted by atomic mass is 16.3. The van der Waals surface area contributed by atoms with E-state index in [0.29, 0.717) is 25.3 Å². The molecule has 0 atom stereocenters. The Hall–Kier alpha value is -2.77. The van der Waals surface area contributed by atoms with Crippen LogP contribution in [0.5, 0.6) is 0 Å². The normalized spacial score (nSPS) is 17.2. The van der Waals surface area contributed by atoms with Gasteiger partial charge in [-0.1, -0.05) is 20.8 Å². The minimum Gasteiger partial charge on any atom is -0.512 e. The summed E-state index contributed by atoms with van der Waals surface area (Å²) < 4.78 is 0. The number of carbonyl (C=O) groups is 1. The molecule has 8 nitrogen and oxygen atoms in total. The van der Waals surface area contributed by atoms with E-state index >= 15 is 0 Å². The van der Waals surface area contributed by atoms with Crippen molar-refractivity contribution in [3.8, 4) is 0 Å². The Kier molecular flexibility index (Phi) is 6.07. The van der Waals surface area contributed by atoms with Gasteiger partial charge in [0.05, 0.1) is 11.9 Å². The maximum absolute atomic E-state index is 12.4. The van der Waals surface area contributed by atoms with Crippen molar-refractivity contribution >= 4 is 23.4 Å². The van der Waals surface area contributed by atoms with E-state index in [9.17, 15) is 9.90 Å². The quantitative estimate of drug-likeness (QED) is 0.422. The van der Waals surface area contributed by atoms with E-state index in [1.54, 1.807) is 11.1 Å². The number of aliphatic hydroxyl groups is 1. The van der Waals surface area contributed by atoms with Crippen LogP contribution in [0.15, 0.2) is 35.2 Å². The fourth-order valence-electron chi connectivity index (χ4n) is 2.49. The Morgan fingerprint density at radius 3 is 2.62 bits per heavy atom. The first-order chi connectivity index (χ1) is 12.2. The molecule has 1 aliphatic rings. The number of hydrogen-bond acceptors (Lipinski definition) is 5. The molecule has 5 N–H and O–H groups in total. The van der Waals surface area contributed by atoms with E-state index in [-0.39, 0.29) is 11.6 Å². The van der Waals surface area contributed by atoms with Crippen LogP contribution >= 0.6 is 0 Å². The molecule has 8 heteroatoms. The van der Waals surface area contributed by atoms with Crippen LogP contribution < -0.4 is 16.4 Å². The second kappa shape index (κ2) is 8.07. The van der Waals surface area contributed by atoms with E-state index in [4.69, 9.17) is 11.5 Å². The number of nitrogens with two attached hydrogens (primary N) is 2. The van der Waals surface area contributed by atoms with Crippen molar-refractivity contribution in [3.63, 3.8) is 0 Å². The Labute approximate surface area is 154 Å². The van der Waals surface area contributed by atoms with Gasteiger partial charge in [-0.3, -0.25) is 0 Å².